The first kappa shape index (κ1) is 20.7. The van der Waals surface area contributed by atoms with Gasteiger partial charge in [-0.1, -0.05) is 6.07 Å². The topological polar surface area (TPSA) is 65.9 Å². The van der Waals surface area contributed by atoms with Crippen LogP contribution in [0.3, 0.4) is 0 Å². The lowest BCUT2D eigenvalue weighted by Crippen LogP contribution is -2.18. The van der Waals surface area contributed by atoms with Crippen LogP contribution in [0.1, 0.15) is 18.4 Å². The summed E-state index contributed by atoms with van der Waals surface area (Å²) in [6.07, 6.45) is -1.70. The summed E-state index contributed by atoms with van der Waals surface area (Å²) in [5.74, 6) is -0.694. The Balaban J connectivity index is 0.000000515. The monoisotopic (exact) mass is 333 g/mol. The predicted octanol–water partition coefficient (Wildman–Crippen LogP) is 3.02. The molecule has 0 unspecified atom stereocenters. The molecular weight excluding hydrogens is 313 g/mol. The molecule has 128 valence electrons. The Labute approximate surface area is 133 Å². The lowest BCUT2D eigenvalue weighted by molar-refractivity contribution is -0.165. The van der Waals surface area contributed by atoms with Gasteiger partial charge in [0.15, 0.2) is 11.5 Å². The van der Waals surface area contributed by atoms with Crippen molar-refractivity contribution in [3.8, 4) is 18.1 Å². The molecule has 8 heteroatoms. The molecular formula is C15H20F3N2O3+. The van der Waals surface area contributed by atoms with Crippen molar-refractivity contribution >= 4 is 5.91 Å². The van der Waals surface area contributed by atoms with Crippen molar-refractivity contribution in [1.29, 1.82) is 0 Å². The number of rotatable bonds is 6. The second kappa shape index (κ2) is 10.5. The average Bonchev–Trinajstić information content (AvgIpc) is 2.53. The number of alkyl halides is 3. The van der Waals surface area contributed by atoms with E-state index >= 15 is 0 Å². The van der Waals surface area contributed by atoms with E-state index in [0.717, 1.165) is 37.3 Å². The number of nitrogens with zero attached hydrogens (tertiary/aromatic N) is 1. The van der Waals surface area contributed by atoms with E-state index in [4.69, 9.17) is 15.2 Å². The van der Waals surface area contributed by atoms with Crippen LogP contribution in [-0.2, 0) is 11.2 Å². The highest BCUT2D eigenvalue weighted by atomic mass is 19.4. The lowest BCUT2D eigenvalue weighted by atomic mass is 10.1. The Morgan fingerprint density at radius 1 is 1.22 bits per heavy atom. The Bertz CT molecular complexity index is 540. The van der Waals surface area contributed by atoms with Gasteiger partial charge in [0.05, 0.1) is 14.2 Å². The van der Waals surface area contributed by atoms with E-state index in [-0.39, 0.29) is 0 Å². The highest BCUT2D eigenvalue weighted by molar-refractivity contribution is 5.91. The van der Waals surface area contributed by atoms with Gasteiger partial charge in [0, 0.05) is 4.85 Å². The Morgan fingerprint density at radius 3 is 2.22 bits per heavy atom. The first-order valence-corrected chi connectivity index (χ1v) is 6.73. The van der Waals surface area contributed by atoms with Crippen LogP contribution in [0.25, 0.3) is 4.85 Å². The molecule has 0 aliphatic rings. The van der Waals surface area contributed by atoms with Crippen molar-refractivity contribution in [3.63, 3.8) is 0 Å². The fourth-order valence-corrected chi connectivity index (χ4v) is 1.58. The maximum absolute atomic E-state index is 10.9. The smallest absolute Gasteiger partial charge is 0.493 e. The normalized spacial score (nSPS) is 10.1. The van der Waals surface area contributed by atoms with Gasteiger partial charge in [0.25, 0.3) is 6.57 Å². The minimum absolute atomic E-state index is 0.757. The maximum atomic E-state index is 10.9. The number of methoxy groups -OCH3 is 2. The minimum atomic E-state index is -4.92. The lowest BCUT2D eigenvalue weighted by Gasteiger charge is -2.09. The van der Waals surface area contributed by atoms with E-state index in [9.17, 15) is 18.0 Å². The highest BCUT2D eigenvalue weighted by Gasteiger charge is 2.48. The van der Waals surface area contributed by atoms with Crippen LogP contribution in [0.15, 0.2) is 18.2 Å². The minimum Gasteiger partial charge on any atom is -0.493 e. The van der Waals surface area contributed by atoms with Gasteiger partial charge in [-0.15, -0.1) is 0 Å². The van der Waals surface area contributed by atoms with Gasteiger partial charge < -0.3 is 15.2 Å². The third-order valence-electron chi connectivity index (χ3n) is 2.73. The molecule has 0 heterocycles. The summed E-state index contributed by atoms with van der Waals surface area (Å²) in [5.41, 5.74) is 6.71. The number of ether oxygens (including phenoxy) is 2. The fraction of sp³-hybridized carbons (Fsp3) is 0.467. The Kier molecular flexibility index (Phi) is 9.42. The quantitative estimate of drug-likeness (QED) is 0.813. The molecule has 1 rings (SSSR count). The zero-order valence-electron chi connectivity index (χ0n) is 13.0. The molecule has 0 bridgehead atoms. The van der Waals surface area contributed by atoms with Crippen LogP contribution in [0.2, 0.25) is 0 Å². The molecule has 1 aromatic rings. The molecule has 23 heavy (non-hydrogen) atoms. The van der Waals surface area contributed by atoms with E-state index in [1.807, 2.05) is 17.0 Å². The fourth-order valence-electron chi connectivity index (χ4n) is 1.58. The number of amides is 1. The van der Waals surface area contributed by atoms with Crippen molar-refractivity contribution in [2.75, 3.05) is 20.8 Å². The first-order chi connectivity index (χ1) is 10.8. The summed E-state index contributed by atoms with van der Waals surface area (Å²) in [6.45, 7) is 4.77. The molecule has 0 atom stereocenters. The number of nitrogens with two attached hydrogens (primary N) is 1. The van der Waals surface area contributed by atoms with Gasteiger partial charge in [-0.05, 0) is 43.5 Å². The number of benzene rings is 1. The number of carbonyl (C=O) groups excluding carboxylic acids is 1. The Hall–Kier alpha value is -2.27. The number of hydrogen-bond acceptors (Lipinski definition) is 4. The van der Waals surface area contributed by atoms with Crippen LogP contribution >= 0.6 is 0 Å². The predicted molar refractivity (Wildman–Crippen MR) is 80.9 cm³/mol. The molecule has 0 aliphatic carbocycles. The molecule has 1 amide bonds. The molecule has 5 nitrogen and oxygen atoms in total. The van der Waals surface area contributed by atoms with Gasteiger partial charge in [0.2, 0.25) is 0 Å². The molecule has 1 aromatic carbocycles. The molecule has 0 aliphatic heterocycles. The van der Waals surface area contributed by atoms with E-state index in [1.54, 1.807) is 14.2 Å². The van der Waals surface area contributed by atoms with Crippen LogP contribution in [0.4, 0.5) is 13.2 Å². The summed E-state index contributed by atoms with van der Waals surface area (Å²) in [4.78, 5) is 11.3. The van der Waals surface area contributed by atoms with Gasteiger partial charge in [-0.25, -0.2) is 0 Å². The van der Waals surface area contributed by atoms with Gasteiger partial charge in [-0.2, -0.15) is 18.0 Å². The molecule has 0 spiro atoms. The summed E-state index contributed by atoms with van der Waals surface area (Å²) < 4.78 is 43.2. The summed E-state index contributed by atoms with van der Waals surface area (Å²) in [6, 6.07) is 6.03. The number of unbranched alkanes of at least 4 members (excludes halogenated alkanes) is 1. The van der Waals surface area contributed by atoms with Crippen molar-refractivity contribution in [1.82, 2.24) is 0 Å². The van der Waals surface area contributed by atoms with Crippen LogP contribution < -0.4 is 15.2 Å². The molecule has 0 saturated heterocycles. The Morgan fingerprint density at radius 2 is 1.83 bits per heavy atom. The van der Waals surface area contributed by atoms with Crippen molar-refractivity contribution < 1.29 is 27.4 Å². The SMILES string of the molecule is C#[N+]C(=O)C(F)(F)F.COc1ccc(CCCCN)cc1OC. The molecule has 0 fully saturated rings. The highest BCUT2D eigenvalue weighted by Crippen LogP contribution is 2.28. The van der Waals surface area contributed by atoms with Gasteiger partial charge >= 0.3 is 12.1 Å². The second-order valence-electron chi connectivity index (χ2n) is 4.37. The van der Waals surface area contributed by atoms with Crippen molar-refractivity contribution in [2.45, 2.75) is 25.4 Å². The van der Waals surface area contributed by atoms with E-state index in [1.165, 1.54) is 5.56 Å². The van der Waals surface area contributed by atoms with Gasteiger partial charge in [0.1, 0.15) is 0 Å². The van der Waals surface area contributed by atoms with Crippen molar-refractivity contribution in [3.05, 3.63) is 28.6 Å². The molecule has 0 aromatic heterocycles. The number of aryl methyl sites for hydroxylation is 1. The number of halogens is 3. The molecule has 0 radical (unpaired) electrons. The van der Waals surface area contributed by atoms with Crippen molar-refractivity contribution in [2.24, 2.45) is 5.73 Å². The molecule has 2 N–H and O–H groups in total. The van der Waals surface area contributed by atoms with E-state index < -0.39 is 12.1 Å². The third-order valence-corrected chi connectivity index (χ3v) is 2.73. The van der Waals surface area contributed by atoms with Crippen LogP contribution in [-0.4, -0.2) is 32.8 Å². The number of hydrogen-bond donors (Lipinski definition) is 1. The zero-order valence-corrected chi connectivity index (χ0v) is 13.0. The summed E-state index contributed by atoms with van der Waals surface area (Å²) in [7, 11) is 3.30. The van der Waals surface area contributed by atoms with E-state index in [0.29, 0.717) is 0 Å². The standard InChI is InChI=1S/C12H19NO2.C3HF3NO/c1-14-11-7-6-10(5-3-4-8-13)9-12(11)15-2;1-7-2(8)3(4,5)6/h6-7,9H,3-5,8,13H2,1-2H3;1H/q;+1. The maximum Gasteiger partial charge on any atom is 0.621 e. The largest absolute Gasteiger partial charge is 0.621 e. The first-order valence-electron chi connectivity index (χ1n) is 6.73. The zero-order chi connectivity index (χ0) is 17.9. The van der Waals surface area contributed by atoms with Crippen LogP contribution in [0.5, 0.6) is 11.5 Å². The third kappa shape index (κ3) is 8.07. The van der Waals surface area contributed by atoms with E-state index in [2.05, 4.69) is 12.6 Å². The van der Waals surface area contributed by atoms with Crippen LogP contribution in [0, 0.1) is 6.57 Å². The summed E-state index contributed by atoms with van der Waals surface area (Å²) in [5, 5.41) is 0. The number of carbonyl (C=O) groups is 1. The molecule has 0 saturated carbocycles. The second-order valence-corrected chi connectivity index (χ2v) is 4.37. The summed E-state index contributed by atoms with van der Waals surface area (Å²) >= 11 is 0. The average molecular weight is 333 g/mol. The van der Waals surface area contributed by atoms with Gasteiger partial charge in [-0.3, -0.25) is 0 Å².